The minimum absolute atomic E-state index is 0.166. The Kier molecular flexibility index (Phi) is 7.80. The van der Waals surface area contributed by atoms with E-state index in [2.05, 4.69) is 21.1 Å². The molecule has 2 heterocycles. The minimum atomic E-state index is -4.35. The second-order valence-corrected chi connectivity index (χ2v) is 11.8. The van der Waals surface area contributed by atoms with Gasteiger partial charge >= 0.3 is 6.18 Å². The molecule has 2 aliphatic rings. The molecule has 1 N–H and O–H groups in total. The highest BCUT2D eigenvalue weighted by molar-refractivity contribution is 7.96. The molecule has 3 aromatic rings. The van der Waals surface area contributed by atoms with Crippen molar-refractivity contribution in [3.63, 3.8) is 0 Å². The second kappa shape index (κ2) is 10.9. The van der Waals surface area contributed by atoms with Crippen molar-refractivity contribution in [3.8, 4) is 0 Å². The second-order valence-electron chi connectivity index (χ2n) is 10.00. The van der Waals surface area contributed by atoms with Gasteiger partial charge in [0.05, 0.1) is 21.7 Å². The fraction of sp³-hybridized carbons (Fsp3) is 0.464. The molecule has 0 unspecified atom stereocenters. The van der Waals surface area contributed by atoms with Crippen molar-refractivity contribution in [2.75, 3.05) is 25.4 Å². The Labute approximate surface area is 224 Å². The lowest BCUT2D eigenvalue weighted by molar-refractivity contribution is -0.137. The lowest BCUT2D eigenvalue weighted by Crippen LogP contribution is -2.36. The van der Waals surface area contributed by atoms with Crippen LogP contribution in [0.2, 0.25) is 5.02 Å². The third-order valence-corrected chi connectivity index (χ3v) is 8.57. The van der Waals surface area contributed by atoms with E-state index in [1.165, 1.54) is 12.1 Å². The van der Waals surface area contributed by atoms with Gasteiger partial charge < -0.3 is 9.88 Å². The van der Waals surface area contributed by atoms with E-state index in [9.17, 15) is 18.0 Å². The molecule has 1 aromatic heterocycles. The maximum absolute atomic E-state index is 13.1. The summed E-state index contributed by atoms with van der Waals surface area (Å²) in [4.78, 5) is 13.1. The molecule has 0 spiro atoms. The van der Waals surface area contributed by atoms with E-state index in [0.717, 1.165) is 78.8 Å². The fourth-order valence-electron chi connectivity index (χ4n) is 5.16. The number of carbonyl (C=O) groups is 1. The number of nitrogens with one attached hydrogen (secondary N) is 1. The van der Waals surface area contributed by atoms with E-state index >= 15 is 0 Å². The minimum Gasteiger partial charge on any atom is -0.352 e. The van der Waals surface area contributed by atoms with Crippen molar-refractivity contribution in [1.29, 1.82) is 0 Å². The molecule has 5 rings (SSSR count). The highest BCUT2D eigenvalue weighted by Gasteiger charge is 2.31. The van der Waals surface area contributed by atoms with Crippen molar-refractivity contribution in [1.82, 2.24) is 14.2 Å². The highest BCUT2D eigenvalue weighted by atomic mass is 35.5. The number of piperidine rings is 1. The number of carbonyl (C=O) groups excluding carboxylic acids is 1. The van der Waals surface area contributed by atoms with Crippen LogP contribution in [0.25, 0.3) is 10.9 Å². The van der Waals surface area contributed by atoms with Crippen molar-refractivity contribution in [2.45, 2.75) is 51.2 Å². The summed E-state index contributed by atoms with van der Waals surface area (Å²) >= 11 is 8.48. The normalized spacial score (nSPS) is 17.4. The molecule has 0 atom stereocenters. The number of hydrogen-bond donors (Lipinski definition) is 1. The summed E-state index contributed by atoms with van der Waals surface area (Å²) in [6.45, 7) is 4.89. The lowest BCUT2D eigenvalue weighted by atomic mass is 9.98. The first-order valence-corrected chi connectivity index (χ1v) is 14.2. The molecular formula is C28H31ClF3N3OS. The Morgan fingerprint density at radius 1 is 1.08 bits per heavy atom. The van der Waals surface area contributed by atoms with Crippen LogP contribution in [0.15, 0.2) is 42.5 Å². The standard InChI is InChI=1S/C28H31ClF3N3OS/c1-2-37-34-11-9-19(10-12-34)17-33-27(36)24-15-20-14-23(35(22-7-8-22)26(20)16-25(24)29)13-18-3-5-21(6-4-18)28(30,31)32/h3-6,14-16,19,22H,2,7-13,17H2,1H3,(H,33,36). The molecule has 1 saturated carbocycles. The average Bonchev–Trinajstić information content (AvgIpc) is 3.64. The molecule has 2 aromatic carbocycles. The van der Waals surface area contributed by atoms with Gasteiger partial charge in [0.2, 0.25) is 0 Å². The maximum Gasteiger partial charge on any atom is 0.416 e. The van der Waals surface area contributed by atoms with Gasteiger partial charge in [0.25, 0.3) is 5.91 Å². The van der Waals surface area contributed by atoms with Gasteiger partial charge in [0.1, 0.15) is 0 Å². The Balaban J connectivity index is 1.32. The first kappa shape index (κ1) is 26.4. The third kappa shape index (κ3) is 6.13. The van der Waals surface area contributed by atoms with Gasteiger partial charge in [-0.15, -0.1) is 0 Å². The molecular weight excluding hydrogens is 519 g/mol. The van der Waals surface area contributed by atoms with Crippen LogP contribution in [0.1, 0.15) is 65.8 Å². The van der Waals surface area contributed by atoms with Gasteiger partial charge in [-0.2, -0.15) is 13.2 Å². The van der Waals surface area contributed by atoms with Crippen LogP contribution in [-0.2, 0) is 12.6 Å². The Morgan fingerprint density at radius 2 is 1.78 bits per heavy atom. The van der Waals surface area contributed by atoms with Crippen LogP contribution < -0.4 is 5.32 Å². The molecule has 0 radical (unpaired) electrons. The Morgan fingerprint density at radius 3 is 2.41 bits per heavy atom. The predicted molar refractivity (Wildman–Crippen MR) is 144 cm³/mol. The van der Waals surface area contributed by atoms with Gasteiger partial charge in [0, 0.05) is 48.9 Å². The van der Waals surface area contributed by atoms with E-state index < -0.39 is 11.7 Å². The molecule has 1 aliphatic heterocycles. The summed E-state index contributed by atoms with van der Waals surface area (Å²) in [6.07, 6.45) is 0.408. The van der Waals surface area contributed by atoms with Crippen LogP contribution in [0.5, 0.6) is 0 Å². The van der Waals surface area contributed by atoms with Gasteiger partial charge in [-0.25, -0.2) is 0 Å². The fourth-order valence-corrected chi connectivity index (χ4v) is 6.24. The summed E-state index contributed by atoms with van der Waals surface area (Å²) in [5.41, 5.74) is 2.61. The van der Waals surface area contributed by atoms with E-state index in [0.29, 0.717) is 35.5 Å². The number of aromatic nitrogens is 1. The monoisotopic (exact) mass is 549 g/mol. The van der Waals surface area contributed by atoms with E-state index in [4.69, 9.17) is 11.6 Å². The quantitative estimate of drug-likeness (QED) is 0.298. The molecule has 37 heavy (non-hydrogen) atoms. The maximum atomic E-state index is 13.1. The van der Waals surface area contributed by atoms with Crippen molar-refractivity contribution < 1.29 is 18.0 Å². The number of halogens is 4. The van der Waals surface area contributed by atoms with Crippen LogP contribution >= 0.6 is 23.5 Å². The zero-order chi connectivity index (χ0) is 26.2. The van der Waals surface area contributed by atoms with Gasteiger partial charge in [-0.3, -0.25) is 9.10 Å². The zero-order valence-electron chi connectivity index (χ0n) is 20.8. The molecule has 1 aliphatic carbocycles. The molecule has 1 saturated heterocycles. The number of benzene rings is 2. The molecule has 0 bridgehead atoms. The van der Waals surface area contributed by atoms with E-state index in [1.807, 2.05) is 30.1 Å². The zero-order valence-corrected chi connectivity index (χ0v) is 22.4. The number of nitrogens with zero attached hydrogens (tertiary/aromatic N) is 2. The summed E-state index contributed by atoms with van der Waals surface area (Å²) < 4.78 is 43.5. The Bertz CT molecular complexity index is 1260. The van der Waals surface area contributed by atoms with Gasteiger partial charge in [-0.05, 0) is 67.5 Å². The SMILES string of the molecule is CCSN1CCC(CNC(=O)c2cc3cc(Cc4ccc(C(F)(F)F)cc4)n(C4CC4)c3cc2Cl)CC1. The number of fused-ring (bicyclic) bond motifs is 1. The van der Waals surface area contributed by atoms with Crippen molar-refractivity contribution in [2.24, 2.45) is 5.92 Å². The van der Waals surface area contributed by atoms with Gasteiger partial charge in [-0.1, -0.05) is 42.6 Å². The van der Waals surface area contributed by atoms with Gasteiger partial charge in [0.15, 0.2) is 0 Å². The average molecular weight is 550 g/mol. The molecule has 1 amide bonds. The molecule has 9 heteroatoms. The van der Waals surface area contributed by atoms with Crippen molar-refractivity contribution in [3.05, 3.63) is 69.9 Å². The summed E-state index contributed by atoms with van der Waals surface area (Å²) in [6, 6.07) is 11.4. The smallest absolute Gasteiger partial charge is 0.352 e. The van der Waals surface area contributed by atoms with E-state index in [1.54, 1.807) is 0 Å². The predicted octanol–water partition coefficient (Wildman–Crippen LogP) is 7.35. The molecule has 4 nitrogen and oxygen atoms in total. The first-order chi connectivity index (χ1) is 17.7. The van der Waals surface area contributed by atoms with E-state index in [-0.39, 0.29) is 5.91 Å². The lowest BCUT2D eigenvalue weighted by Gasteiger charge is -2.30. The topological polar surface area (TPSA) is 37.3 Å². The third-order valence-electron chi connectivity index (χ3n) is 7.27. The largest absolute Gasteiger partial charge is 0.416 e. The van der Waals surface area contributed by atoms with Crippen LogP contribution in [0, 0.1) is 5.92 Å². The highest BCUT2D eigenvalue weighted by Crippen LogP contribution is 2.41. The number of amides is 1. The number of alkyl halides is 3. The van der Waals surface area contributed by atoms with Crippen LogP contribution in [0.4, 0.5) is 13.2 Å². The number of hydrogen-bond acceptors (Lipinski definition) is 3. The van der Waals surface area contributed by atoms with Crippen LogP contribution in [0.3, 0.4) is 0 Å². The Hall–Kier alpha value is -2.16. The molecule has 198 valence electrons. The van der Waals surface area contributed by atoms with Crippen molar-refractivity contribution >= 4 is 40.4 Å². The summed E-state index contributed by atoms with van der Waals surface area (Å²) in [5.74, 6) is 1.38. The summed E-state index contributed by atoms with van der Waals surface area (Å²) in [7, 11) is 0. The summed E-state index contributed by atoms with van der Waals surface area (Å²) in [5, 5.41) is 4.43. The molecule has 2 fully saturated rings. The first-order valence-electron chi connectivity index (χ1n) is 12.9. The van der Waals surface area contributed by atoms with Crippen LogP contribution in [-0.4, -0.2) is 40.2 Å². The number of rotatable bonds is 8.